The predicted molar refractivity (Wildman–Crippen MR) is 151 cm³/mol. The highest BCUT2D eigenvalue weighted by Gasteiger charge is 2.18. The Kier molecular flexibility index (Phi) is 11.2. The molecule has 3 aromatic carbocycles. The van der Waals surface area contributed by atoms with Crippen LogP contribution in [0, 0.1) is 5.92 Å². The molecule has 1 unspecified atom stereocenters. The van der Waals surface area contributed by atoms with E-state index < -0.39 is 11.8 Å². The molecule has 0 saturated carbocycles. The SMILES string of the molecule is COc1cc(C(=O)NNC(=O)CC(C)CC(=O)Nc2ccc(OCCc3ccccc3)cc2)cc(OC)c1OC. The maximum Gasteiger partial charge on any atom is 0.269 e. The number of hydrazine groups is 1. The van der Waals surface area contributed by atoms with Gasteiger partial charge < -0.3 is 24.3 Å². The number of carbonyl (C=O) groups excluding carboxylic acids is 3. The Balaban J connectivity index is 1.40. The van der Waals surface area contributed by atoms with Crippen LogP contribution in [0.2, 0.25) is 0 Å². The topological polar surface area (TPSA) is 124 Å². The molecule has 3 rings (SSSR count). The highest BCUT2D eigenvalue weighted by Crippen LogP contribution is 2.38. The van der Waals surface area contributed by atoms with E-state index >= 15 is 0 Å². The fraction of sp³-hybridized carbons (Fsp3) is 0.300. The molecule has 0 saturated heterocycles. The van der Waals surface area contributed by atoms with Gasteiger partial charge in [-0.15, -0.1) is 0 Å². The number of nitrogens with one attached hydrogen (secondary N) is 3. The van der Waals surface area contributed by atoms with Gasteiger partial charge in [0, 0.05) is 30.5 Å². The standard InChI is InChI=1S/C30H35N3O7/c1-20(17-28(35)32-33-30(36)22-18-25(37-2)29(39-4)26(19-22)38-3)16-27(34)31-23-10-12-24(13-11-23)40-15-14-21-8-6-5-7-9-21/h5-13,18-20H,14-17H2,1-4H3,(H,31,34)(H,32,35)(H,33,36). The second-order valence-corrected chi connectivity index (χ2v) is 9.09. The van der Waals surface area contributed by atoms with Crippen LogP contribution in [0.3, 0.4) is 0 Å². The van der Waals surface area contributed by atoms with Crippen molar-refractivity contribution in [3.8, 4) is 23.0 Å². The summed E-state index contributed by atoms with van der Waals surface area (Å²) < 4.78 is 21.5. The minimum absolute atomic E-state index is 0.0388. The predicted octanol–water partition coefficient (Wildman–Crippen LogP) is 4.15. The van der Waals surface area contributed by atoms with Gasteiger partial charge in [-0.2, -0.15) is 0 Å². The van der Waals surface area contributed by atoms with Crippen LogP contribution in [0.5, 0.6) is 23.0 Å². The van der Waals surface area contributed by atoms with Crippen molar-refractivity contribution in [2.45, 2.75) is 26.2 Å². The molecule has 0 heterocycles. The molecular formula is C30H35N3O7. The summed E-state index contributed by atoms with van der Waals surface area (Å²) >= 11 is 0. The number of benzene rings is 3. The molecule has 0 aliphatic rings. The maximum absolute atomic E-state index is 12.5. The first kappa shape index (κ1) is 29.8. The number of rotatable bonds is 13. The van der Waals surface area contributed by atoms with E-state index in [0.29, 0.717) is 35.3 Å². The third-order valence-corrected chi connectivity index (χ3v) is 5.95. The van der Waals surface area contributed by atoms with E-state index in [2.05, 4.69) is 28.3 Å². The molecule has 3 N–H and O–H groups in total. The van der Waals surface area contributed by atoms with Crippen LogP contribution in [0.25, 0.3) is 0 Å². The van der Waals surface area contributed by atoms with Crippen molar-refractivity contribution in [2.75, 3.05) is 33.3 Å². The third kappa shape index (κ3) is 8.93. The Morgan fingerprint density at radius 3 is 2.00 bits per heavy atom. The van der Waals surface area contributed by atoms with Gasteiger partial charge in [0.05, 0.1) is 27.9 Å². The quantitative estimate of drug-likeness (QED) is 0.274. The molecule has 0 radical (unpaired) electrons. The minimum atomic E-state index is -0.564. The first-order valence-electron chi connectivity index (χ1n) is 12.8. The molecule has 0 bridgehead atoms. The van der Waals surface area contributed by atoms with E-state index in [0.717, 1.165) is 6.42 Å². The van der Waals surface area contributed by atoms with Gasteiger partial charge in [-0.1, -0.05) is 37.3 Å². The summed E-state index contributed by atoms with van der Waals surface area (Å²) in [6.07, 6.45) is 0.972. The van der Waals surface area contributed by atoms with Crippen LogP contribution in [0.1, 0.15) is 35.7 Å². The van der Waals surface area contributed by atoms with Gasteiger partial charge in [0.25, 0.3) is 5.91 Å². The van der Waals surface area contributed by atoms with Crippen molar-refractivity contribution in [2.24, 2.45) is 5.92 Å². The number of carbonyl (C=O) groups is 3. The molecule has 0 spiro atoms. The number of anilines is 1. The molecule has 10 heteroatoms. The first-order valence-corrected chi connectivity index (χ1v) is 12.8. The van der Waals surface area contributed by atoms with E-state index in [1.54, 1.807) is 31.2 Å². The number of ether oxygens (including phenoxy) is 4. The van der Waals surface area contributed by atoms with Crippen LogP contribution in [-0.4, -0.2) is 45.7 Å². The zero-order valence-corrected chi connectivity index (χ0v) is 23.1. The zero-order chi connectivity index (χ0) is 28.9. The van der Waals surface area contributed by atoms with Crippen molar-refractivity contribution in [1.29, 1.82) is 0 Å². The Morgan fingerprint density at radius 1 is 0.775 bits per heavy atom. The van der Waals surface area contributed by atoms with E-state index in [1.807, 2.05) is 18.2 Å². The van der Waals surface area contributed by atoms with Gasteiger partial charge in [0.1, 0.15) is 5.75 Å². The Morgan fingerprint density at radius 2 is 1.40 bits per heavy atom. The Hall–Kier alpha value is -4.73. The number of hydrogen-bond donors (Lipinski definition) is 3. The van der Waals surface area contributed by atoms with Crippen LogP contribution in [-0.2, 0) is 16.0 Å². The van der Waals surface area contributed by atoms with Crippen molar-refractivity contribution < 1.29 is 33.3 Å². The van der Waals surface area contributed by atoms with Crippen molar-refractivity contribution in [3.63, 3.8) is 0 Å². The lowest BCUT2D eigenvalue weighted by atomic mass is 10.0. The molecule has 0 aliphatic carbocycles. The van der Waals surface area contributed by atoms with E-state index in [9.17, 15) is 14.4 Å². The van der Waals surface area contributed by atoms with Crippen molar-refractivity contribution in [1.82, 2.24) is 10.9 Å². The lowest BCUT2D eigenvalue weighted by Gasteiger charge is -2.15. The highest BCUT2D eigenvalue weighted by molar-refractivity contribution is 5.97. The summed E-state index contributed by atoms with van der Waals surface area (Å²) in [7, 11) is 4.34. The monoisotopic (exact) mass is 549 g/mol. The summed E-state index contributed by atoms with van der Waals surface area (Å²) in [6, 6.07) is 20.2. The zero-order valence-electron chi connectivity index (χ0n) is 23.1. The molecule has 0 aliphatic heterocycles. The van der Waals surface area contributed by atoms with Crippen LogP contribution < -0.4 is 35.1 Å². The summed E-state index contributed by atoms with van der Waals surface area (Å²) in [5.41, 5.74) is 6.78. The summed E-state index contributed by atoms with van der Waals surface area (Å²) in [5.74, 6) is 0.196. The second-order valence-electron chi connectivity index (χ2n) is 9.09. The molecule has 3 amide bonds. The molecule has 40 heavy (non-hydrogen) atoms. The van der Waals surface area contributed by atoms with E-state index in [1.165, 1.54) is 39.0 Å². The summed E-state index contributed by atoms with van der Waals surface area (Å²) in [6.45, 7) is 2.34. The number of hydrogen-bond acceptors (Lipinski definition) is 7. The fourth-order valence-electron chi connectivity index (χ4n) is 3.94. The lowest BCUT2D eigenvalue weighted by Crippen LogP contribution is -2.42. The van der Waals surface area contributed by atoms with E-state index in [-0.39, 0.29) is 30.2 Å². The van der Waals surface area contributed by atoms with Gasteiger partial charge >= 0.3 is 0 Å². The molecule has 0 aromatic heterocycles. The van der Waals surface area contributed by atoms with Crippen LogP contribution >= 0.6 is 0 Å². The van der Waals surface area contributed by atoms with Crippen molar-refractivity contribution >= 4 is 23.4 Å². The largest absolute Gasteiger partial charge is 0.493 e. The first-order chi connectivity index (χ1) is 19.3. The second kappa shape index (κ2) is 15.0. The normalized spacial score (nSPS) is 11.1. The van der Waals surface area contributed by atoms with Crippen molar-refractivity contribution in [3.05, 3.63) is 77.9 Å². The maximum atomic E-state index is 12.5. The lowest BCUT2D eigenvalue weighted by molar-refractivity contribution is -0.123. The Bertz CT molecular complexity index is 1260. The number of amides is 3. The Labute approximate surface area is 233 Å². The van der Waals surface area contributed by atoms with Gasteiger partial charge in [-0.05, 0) is 47.9 Å². The van der Waals surface area contributed by atoms with Gasteiger partial charge in [-0.25, -0.2) is 0 Å². The third-order valence-electron chi connectivity index (χ3n) is 5.95. The average Bonchev–Trinajstić information content (AvgIpc) is 2.96. The number of methoxy groups -OCH3 is 3. The summed E-state index contributed by atoms with van der Waals surface area (Å²) in [5, 5.41) is 2.83. The van der Waals surface area contributed by atoms with Gasteiger partial charge in [0.15, 0.2) is 11.5 Å². The fourth-order valence-corrected chi connectivity index (χ4v) is 3.94. The minimum Gasteiger partial charge on any atom is -0.493 e. The van der Waals surface area contributed by atoms with Gasteiger partial charge in [0.2, 0.25) is 17.6 Å². The van der Waals surface area contributed by atoms with Crippen LogP contribution in [0.4, 0.5) is 5.69 Å². The molecule has 212 valence electrons. The smallest absolute Gasteiger partial charge is 0.269 e. The molecule has 10 nitrogen and oxygen atoms in total. The summed E-state index contributed by atoms with van der Waals surface area (Å²) in [4.78, 5) is 37.4. The average molecular weight is 550 g/mol. The molecule has 0 fully saturated rings. The highest BCUT2D eigenvalue weighted by atomic mass is 16.5. The molecule has 1 atom stereocenters. The van der Waals surface area contributed by atoms with Crippen LogP contribution in [0.15, 0.2) is 66.7 Å². The van der Waals surface area contributed by atoms with Gasteiger partial charge in [-0.3, -0.25) is 25.2 Å². The molecule has 3 aromatic rings. The van der Waals surface area contributed by atoms with E-state index in [4.69, 9.17) is 18.9 Å². The molecular weight excluding hydrogens is 514 g/mol.